The zero-order valence-electron chi connectivity index (χ0n) is 10.3. The van der Waals surface area contributed by atoms with E-state index in [2.05, 4.69) is 0 Å². The van der Waals surface area contributed by atoms with Crippen molar-refractivity contribution >= 4 is 17.3 Å². The fourth-order valence-electron chi connectivity index (χ4n) is 2.37. The summed E-state index contributed by atoms with van der Waals surface area (Å²) in [6.07, 6.45) is 2.39. The molecule has 1 atom stereocenters. The molecule has 1 heterocycles. The van der Waals surface area contributed by atoms with E-state index in [-0.39, 0.29) is 17.3 Å². The van der Waals surface area contributed by atoms with E-state index in [1.165, 1.54) is 0 Å². The molecule has 0 aliphatic carbocycles. The van der Waals surface area contributed by atoms with Crippen LogP contribution in [0.25, 0.3) is 0 Å². The second kappa shape index (κ2) is 4.80. The number of anilines is 2. The highest BCUT2D eigenvalue weighted by atomic mass is 16.5. The van der Waals surface area contributed by atoms with Crippen LogP contribution in [0, 0.1) is 0 Å². The van der Waals surface area contributed by atoms with E-state index in [9.17, 15) is 14.4 Å². The molecule has 0 amide bonds. The van der Waals surface area contributed by atoms with Crippen LogP contribution in [0.1, 0.15) is 26.2 Å². The Labute approximate surface area is 104 Å². The molecule has 6 nitrogen and oxygen atoms in total. The van der Waals surface area contributed by atoms with Crippen LogP contribution in [-0.2, 0) is 9.53 Å². The van der Waals surface area contributed by atoms with Crippen LogP contribution in [0.5, 0.6) is 0 Å². The second-order valence-corrected chi connectivity index (χ2v) is 4.38. The average molecular weight is 252 g/mol. The summed E-state index contributed by atoms with van der Waals surface area (Å²) in [6.45, 7) is 2.58. The summed E-state index contributed by atoms with van der Waals surface area (Å²) < 4.78 is 4.99. The summed E-state index contributed by atoms with van der Waals surface area (Å²) >= 11 is 0. The largest absolute Gasteiger partial charge is 0.464 e. The van der Waals surface area contributed by atoms with Crippen molar-refractivity contribution in [2.45, 2.75) is 32.2 Å². The third-order valence-corrected chi connectivity index (χ3v) is 3.27. The van der Waals surface area contributed by atoms with Gasteiger partial charge in [0.25, 0.3) is 10.9 Å². The maximum Gasteiger partial charge on any atom is 0.328 e. The first-order valence-electron chi connectivity index (χ1n) is 6.10. The van der Waals surface area contributed by atoms with Crippen molar-refractivity contribution in [3.05, 3.63) is 20.4 Å². The number of nitrogens with two attached hydrogens (primary N) is 1. The van der Waals surface area contributed by atoms with Gasteiger partial charge in [-0.3, -0.25) is 9.59 Å². The Morgan fingerprint density at radius 2 is 2.11 bits per heavy atom. The number of piperidine rings is 1. The molecule has 1 fully saturated rings. The van der Waals surface area contributed by atoms with Crippen molar-refractivity contribution in [3.8, 4) is 0 Å². The highest BCUT2D eigenvalue weighted by Crippen LogP contribution is 2.26. The molecule has 98 valence electrons. The van der Waals surface area contributed by atoms with Crippen molar-refractivity contribution in [3.63, 3.8) is 0 Å². The number of carbonyl (C=O) groups excluding carboxylic acids is 1. The molecule has 1 unspecified atom stereocenters. The van der Waals surface area contributed by atoms with Crippen molar-refractivity contribution in [1.29, 1.82) is 0 Å². The molecule has 6 heteroatoms. The highest BCUT2D eigenvalue weighted by Gasteiger charge is 2.35. The Morgan fingerprint density at radius 1 is 1.39 bits per heavy atom. The van der Waals surface area contributed by atoms with E-state index < -0.39 is 16.9 Å². The van der Waals surface area contributed by atoms with Gasteiger partial charge in [0.1, 0.15) is 17.4 Å². The summed E-state index contributed by atoms with van der Waals surface area (Å²) in [4.78, 5) is 36.1. The summed E-state index contributed by atoms with van der Waals surface area (Å²) in [5.41, 5.74) is 4.45. The van der Waals surface area contributed by atoms with Crippen LogP contribution >= 0.6 is 0 Å². The molecule has 2 N–H and O–H groups in total. The number of carbonyl (C=O) groups is 1. The van der Waals surface area contributed by atoms with Crippen LogP contribution in [0.4, 0.5) is 11.4 Å². The van der Waals surface area contributed by atoms with Gasteiger partial charge in [0, 0.05) is 6.54 Å². The fraction of sp³-hybridized carbons (Fsp3) is 0.583. The van der Waals surface area contributed by atoms with Crippen LogP contribution < -0.4 is 21.5 Å². The lowest BCUT2D eigenvalue weighted by Crippen LogP contribution is -2.52. The normalized spacial score (nSPS) is 20.1. The number of esters is 1. The lowest BCUT2D eigenvalue weighted by molar-refractivity contribution is -0.145. The molecule has 1 aliphatic rings. The molecule has 1 aromatic rings. The van der Waals surface area contributed by atoms with E-state index in [1.807, 2.05) is 0 Å². The molecule has 1 saturated heterocycles. The van der Waals surface area contributed by atoms with Crippen LogP contribution in [0.3, 0.4) is 0 Å². The average Bonchev–Trinajstić information content (AvgIpc) is 2.39. The molecule has 0 aromatic heterocycles. The van der Waals surface area contributed by atoms with Crippen molar-refractivity contribution in [2.75, 3.05) is 23.8 Å². The van der Waals surface area contributed by atoms with Gasteiger partial charge in [-0.1, -0.05) is 0 Å². The lowest BCUT2D eigenvalue weighted by Gasteiger charge is -2.36. The predicted octanol–water partition coefficient (Wildman–Crippen LogP) is -0.213. The molecule has 2 rings (SSSR count). The summed E-state index contributed by atoms with van der Waals surface area (Å²) in [6, 6.07) is -0.496. The molecule has 1 aliphatic heterocycles. The quantitative estimate of drug-likeness (QED) is 0.591. The highest BCUT2D eigenvalue weighted by molar-refractivity contribution is 5.84. The Kier molecular flexibility index (Phi) is 3.36. The number of nitrogens with zero attached hydrogens (tertiary/aromatic N) is 1. The van der Waals surface area contributed by atoms with E-state index in [0.717, 1.165) is 12.8 Å². The Balaban J connectivity index is 2.27. The van der Waals surface area contributed by atoms with E-state index >= 15 is 0 Å². The smallest absolute Gasteiger partial charge is 0.328 e. The third kappa shape index (κ3) is 1.87. The number of ether oxygens (including phenoxy) is 1. The number of nitrogen functional groups attached to an aromatic ring is 1. The van der Waals surface area contributed by atoms with Crippen molar-refractivity contribution in [2.24, 2.45) is 0 Å². The van der Waals surface area contributed by atoms with Crippen molar-refractivity contribution in [1.82, 2.24) is 0 Å². The monoisotopic (exact) mass is 252 g/mol. The molecular weight excluding hydrogens is 236 g/mol. The minimum absolute atomic E-state index is 0.0313. The van der Waals surface area contributed by atoms with Gasteiger partial charge in [0.05, 0.1) is 6.61 Å². The number of hydrogen-bond acceptors (Lipinski definition) is 6. The van der Waals surface area contributed by atoms with Gasteiger partial charge in [-0.15, -0.1) is 0 Å². The molecule has 0 bridgehead atoms. The number of rotatable bonds is 3. The van der Waals surface area contributed by atoms with Gasteiger partial charge in [0.2, 0.25) is 0 Å². The first kappa shape index (κ1) is 12.6. The third-order valence-electron chi connectivity index (χ3n) is 3.27. The van der Waals surface area contributed by atoms with E-state index in [1.54, 1.807) is 11.8 Å². The molecule has 0 spiro atoms. The van der Waals surface area contributed by atoms with Crippen LogP contribution in [0.15, 0.2) is 9.59 Å². The zero-order chi connectivity index (χ0) is 13.3. The first-order valence-corrected chi connectivity index (χ1v) is 6.10. The molecular formula is C12H16N2O4. The van der Waals surface area contributed by atoms with Crippen LogP contribution in [-0.4, -0.2) is 25.2 Å². The lowest BCUT2D eigenvalue weighted by atomic mass is 9.99. The molecule has 18 heavy (non-hydrogen) atoms. The fourth-order valence-corrected chi connectivity index (χ4v) is 2.37. The minimum Gasteiger partial charge on any atom is -0.464 e. The maximum atomic E-state index is 11.8. The summed E-state index contributed by atoms with van der Waals surface area (Å²) in [7, 11) is 0. The standard InChI is InChI=1S/C12H16N2O4/c1-2-18-12(17)7-5-3-4-6-14(7)9-8(13)10(15)11(9)16/h7H,2-6,13H2,1H3. The second-order valence-electron chi connectivity index (χ2n) is 4.38. The molecule has 0 radical (unpaired) electrons. The van der Waals surface area contributed by atoms with Gasteiger partial charge in [-0.2, -0.15) is 0 Å². The van der Waals surface area contributed by atoms with Gasteiger partial charge < -0.3 is 15.4 Å². The Bertz CT molecular complexity index is 530. The number of hydrogen-bond donors (Lipinski definition) is 1. The van der Waals surface area contributed by atoms with E-state index in [0.29, 0.717) is 19.6 Å². The van der Waals surface area contributed by atoms with E-state index in [4.69, 9.17) is 10.5 Å². The topological polar surface area (TPSA) is 89.7 Å². The Morgan fingerprint density at radius 3 is 2.72 bits per heavy atom. The zero-order valence-corrected chi connectivity index (χ0v) is 10.3. The van der Waals surface area contributed by atoms with Gasteiger partial charge in [-0.25, -0.2) is 4.79 Å². The van der Waals surface area contributed by atoms with Crippen molar-refractivity contribution < 1.29 is 9.53 Å². The SMILES string of the molecule is CCOC(=O)C1CCCCN1c1c(N)c(=O)c1=O. The maximum absolute atomic E-state index is 11.8. The molecule has 0 saturated carbocycles. The van der Waals surface area contributed by atoms with Crippen LogP contribution in [0.2, 0.25) is 0 Å². The van der Waals surface area contributed by atoms with Gasteiger partial charge in [-0.05, 0) is 26.2 Å². The first-order chi connectivity index (χ1) is 8.57. The van der Waals surface area contributed by atoms with Gasteiger partial charge in [0.15, 0.2) is 0 Å². The summed E-state index contributed by atoms with van der Waals surface area (Å²) in [5, 5.41) is 0. The minimum atomic E-state index is -0.654. The Hall–Kier alpha value is -1.85. The molecule has 1 aromatic carbocycles. The summed E-state index contributed by atoms with van der Waals surface area (Å²) in [5.74, 6) is -0.357. The predicted molar refractivity (Wildman–Crippen MR) is 67.4 cm³/mol. The van der Waals surface area contributed by atoms with Gasteiger partial charge >= 0.3 is 5.97 Å².